The lowest BCUT2D eigenvalue weighted by Crippen LogP contribution is -2.45. The maximum atomic E-state index is 5.64. The van der Waals surface area contributed by atoms with E-state index in [0.717, 1.165) is 55.7 Å². The topological polar surface area (TPSA) is 67.3 Å². The number of likely N-dealkylation sites (N-methyl/N-ethyl adjacent to an activating group) is 1. The summed E-state index contributed by atoms with van der Waals surface area (Å²) in [6.07, 6.45) is 6.24. The number of nitrogens with one attached hydrogen (secondary N) is 2. The van der Waals surface area contributed by atoms with Gasteiger partial charge in [-0.15, -0.1) is 24.0 Å². The maximum Gasteiger partial charge on any atom is 0.191 e. The normalized spacial score (nSPS) is 16.4. The Morgan fingerprint density at radius 3 is 2.38 bits per heavy atom. The SMILES string of the molecule is CCOCCC1(CNC(=NC)NCC(c2ccc(OC)c(OC)c2)N(C)C)CCCC1.I. The molecule has 1 saturated carbocycles. The number of guanidine groups is 1. The highest BCUT2D eigenvalue weighted by atomic mass is 127. The molecule has 0 amide bonds. The van der Waals surface area contributed by atoms with E-state index in [-0.39, 0.29) is 30.0 Å². The van der Waals surface area contributed by atoms with Gasteiger partial charge in [-0.1, -0.05) is 18.9 Å². The Morgan fingerprint density at radius 2 is 1.81 bits per heavy atom. The average molecular weight is 563 g/mol. The Labute approximate surface area is 211 Å². The molecular formula is C24H43IN4O3. The van der Waals surface area contributed by atoms with Crippen LogP contribution in [0.25, 0.3) is 0 Å². The Balaban J connectivity index is 0.00000512. The van der Waals surface area contributed by atoms with Crippen LogP contribution in [0.1, 0.15) is 50.6 Å². The standard InChI is InChI=1S/C24H42N4O3.HI/c1-7-31-15-14-24(12-8-9-13-24)18-27-23(25-2)26-17-20(28(3)4)19-10-11-21(29-5)22(16-19)30-6;/h10-11,16,20H,7-9,12-15,17-18H2,1-6H3,(H2,25,26,27);1H. The molecule has 0 aliphatic heterocycles. The van der Waals surface area contributed by atoms with Crippen LogP contribution in [0, 0.1) is 5.41 Å². The zero-order valence-corrected chi connectivity index (χ0v) is 23.0. The first-order valence-electron chi connectivity index (χ1n) is 11.4. The number of rotatable bonds is 12. The molecular weight excluding hydrogens is 519 g/mol. The van der Waals surface area contributed by atoms with Gasteiger partial charge in [-0.05, 0) is 63.4 Å². The number of ether oxygens (including phenoxy) is 3. The van der Waals surface area contributed by atoms with Crippen molar-refractivity contribution >= 4 is 29.9 Å². The van der Waals surface area contributed by atoms with Crippen molar-refractivity contribution in [3.63, 3.8) is 0 Å². The van der Waals surface area contributed by atoms with Crippen molar-refractivity contribution in [2.24, 2.45) is 10.4 Å². The van der Waals surface area contributed by atoms with Gasteiger partial charge in [0.1, 0.15) is 0 Å². The van der Waals surface area contributed by atoms with Crippen molar-refractivity contribution in [1.82, 2.24) is 15.5 Å². The van der Waals surface area contributed by atoms with Crippen molar-refractivity contribution < 1.29 is 14.2 Å². The minimum atomic E-state index is 0. The summed E-state index contributed by atoms with van der Waals surface area (Å²) in [5, 5.41) is 7.10. The highest BCUT2D eigenvalue weighted by Crippen LogP contribution is 2.40. The molecule has 1 aliphatic rings. The fourth-order valence-electron chi connectivity index (χ4n) is 4.42. The molecule has 32 heavy (non-hydrogen) atoms. The van der Waals surface area contributed by atoms with Gasteiger partial charge in [0, 0.05) is 33.4 Å². The van der Waals surface area contributed by atoms with Gasteiger partial charge in [-0.2, -0.15) is 0 Å². The number of benzene rings is 1. The average Bonchev–Trinajstić information content (AvgIpc) is 3.24. The van der Waals surface area contributed by atoms with Crippen molar-refractivity contribution in [2.45, 2.75) is 45.1 Å². The maximum absolute atomic E-state index is 5.64. The molecule has 1 fully saturated rings. The van der Waals surface area contributed by atoms with E-state index in [0.29, 0.717) is 5.41 Å². The first-order valence-corrected chi connectivity index (χ1v) is 11.4. The van der Waals surface area contributed by atoms with Crippen LogP contribution in [0.3, 0.4) is 0 Å². The van der Waals surface area contributed by atoms with Gasteiger partial charge >= 0.3 is 0 Å². The zero-order valence-electron chi connectivity index (χ0n) is 20.7. The first-order chi connectivity index (χ1) is 15.0. The summed E-state index contributed by atoms with van der Waals surface area (Å²) in [6, 6.07) is 6.25. The lowest BCUT2D eigenvalue weighted by Gasteiger charge is -2.31. The second-order valence-corrected chi connectivity index (χ2v) is 8.55. The highest BCUT2D eigenvalue weighted by molar-refractivity contribution is 14.0. The van der Waals surface area contributed by atoms with Gasteiger partial charge in [0.2, 0.25) is 0 Å². The molecule has 1 aromatic rings. The van der Waals surface area contributed by atoms with E-state index in [4.69, 9.17) is 14.2 Å². The molecule has 8 heteroatoms. The van der Waals surface area contributed by atoms with Gasteiger partial charge in [-0.25, -0.2) is 0 Å². The summed E-state index contributed by atoms with van der Waals surface area (Å²) < 4.78 is 16.5. The van der Waals surface area contributed by atoms with Crippen LogP contribution >= 0.6 is 24.0 Å². The van der Waals surface area contributed by atoms with Crippen molar-refractivity contribution in [1.29, 1.82) is 0 Å². The van der Waals surface area contributed by atoms with Gasteiger partial charge in [-0.3, -0.25) is 4.99 Å². The van der Waals surface area contributed by atoms with Crippen LogP contribution in [-0.4, -0.2) is 72.5 Å². The molecule has 7 nitrogen and oxygen atoms in total. The third kappa shape index (κ3) is 8.26. The molecule has 0 aromatic heterocycles. The summed E-state index contributed by atoms with van der Waals surface area (Å²) in [5.41, 5.74) is 1.48. The molecule has 2 N–H and O–H groups in total. The molecule has 2 rings (SSSR count). The molecule has 0 heterocycles. The molecule has 0 spiro atoms. The Kier molecular flexibility index (Phi) is 13.3. The lowest BCUT2D eigenvalue weighted by molar-refractivity contribution is 0.105. The van der Waals surface area contributed by atoms with Crippen molar-refractivity contribution in [2.75, 3.05) is 61.7 Å². The minimum absolute atomic E-state index is 0. The molecule has 184 valence electrons. The Bertz CT molecular complexity index is 694. The van der Waals surface area contributed by atoms with Crippen LogP contribution in [-0.2, 0) is 4.74 Å². The number of aliphatic imine (C=N–C) groups is 1. The quantitative estimate of drug-likeness (QED) is 0.173. The second-order valence-electron chi connectivity index (χ2n) is 8.55. The predicted octanol–water partition coefficient (Wildman–Crippen LogP) is 4.08. The number of methoxy groups -OCH3 is 2. The minimum Gasteiger partial charge on any atom is -0.493 e. The van der Waals surface area contributed by atoms with E-state index in [9.17, 15) is 0 Å². The molecule has 1 aliphatic carbocycles. The number of nitrogens with zero attached hydrogens (tertiary/aromatic N) is 2. The fraction of sp³-hybridized carbons (Fsp3) is 0.708. The highest BCUT2D eigenvalue weighted by Gasteiger charge is 2.33. The van der Waals surface area contributed by atoms with Gasteiger partial charge in [0.25, 0.3) is 0 Å². The number of hydrogen-bond donors (Lipinski definition) is 2. The third-order valence-corrected chi connectivity index (χ3v) is 6.38. The van der Waals surface area contributed by atoms with Crippen molar-refractivity contribution in [3.05, 3.63) is 23.8 Å². The summed E-state index contributed by atoms with van der Waals surface area (Å²) in [6.45, 7) is 5.35. The zero-order chi connectivity index (χ0) is 22.7. The molecule has 0 saturated heterocycles. The predicted molar refractivity (Wildman–Crippen MR) is 143 cm³/mol. The monoisotopic (exact) mass is 562 g/mol. The number of halogens is 1. The number of hydrogen-bond acceptors (Lipinski definition) is 5. The largest absolute Gasteiger partial charge is 0.493 e. The molecule has 0 radical (unpaired) electrons. The molecule has 0 bridgehead atoms. The van der Waals surface area contributed by atoms with Crippen LogP contribution in [0.5, 0.6) is 11.5 Å². The molecule has 1 aromatic carbocycles. The second kappa shape index (κ2) is 14.8. The summed E-state index contributed by atoms with van der Waals surface area (Å²) in [5.74, 6) is 2.32. The van der Waals surface area contributed by atoms with E-state index in [1.165, 1.54) is 25.7 Å². The van der Waals surface area contributed by atoms with Crippen molar-refractivity contribution in [3.8, 4) is 11.5 Å². The lowest BCUT2D eigenvalue weighted by atomic mass is 9.83. The summed E-state index contributed by atoms with van der Waals surface area (Å²) >= 11 is 0. The van der Waals surface area contributed by atoms with E-state index in [1.54, 1.807) is 14.2 Å². The molecule has 1 atom stereocenters. The van der Waals surface area contributed by atoms with Crippen LogP contribution < -0.4 is 20.1 Å². The fourth-order valence-corrected chi connectivity index (χ4v) is 4.42. The van der Waals surface area contributed by atoms with Crippen LogP contribution in [0.4, 0.5) is 0 Å². The smallest absolute Gasteiger partial charge is 0.191 e. The van der Waals surface area contributed by atoms with E-state index >= 15 is 0 Å². The van der Waals surface area contributed by atoms with E-state index in [1.807, 2.05) is 19.2 Å². The van der Waals surface area contributed by atoms with Crippen LogP contribution in [0.2, 0.25) is 0 Å². The van der Waals surface area contributed by atoms with Gasteiger partial charge < -0.3 is 29.7 Å². The molecule has 1 unspecified atom stereocenters. The first kappa shape index (κ1) is 28.8. The van der Waals surface area contributed by atoms with E-state index in [2.05, 4.69) is 47.6 Å². The summed E-state index contributed by atoms with van der Waals surface area (Å²) in [4.78, 5) is 6.66. The summed E-state index contributed by atoms with van der Waals surface area (Å²) in [7, 11) is 9.32. The van der Waals surface area contributed by atoms with Gasteiger partial charge in [0.05, 0.1) is 20.3 Å². The third-order valence-electron chi connectivity index (χ3n) is 6.38. The van der Waals surface area contributed by atoms with Crippen LogP contribution in [0.15, 0.2) is 23.2 Å². The Morgan fingerprint density at radius 1 is 1.12 bits per heavy atom. The van der Waals surface area contributed by atoms with E-state index < -0.39 is 0 Å². The van der Waals surface area contributed by atoms with Gasteiger partial charge in [0.15, 0.2) is 17.5 Å². The Hall–Kier alpha value is -1.26.